The van der Waals surface area contributed by atoms with Crippen molar-refractivity contribution in [2.45, 2.75) is 33.2 Å². The fourth-order valence-electron chi connectivity index (χ4n) is 2.34. The summed E-state index contributed by atoms with van der Waals surface area (Å²) in [5.74, 6) is -0.799. The molecular formula is C17H26N4O3. The molecule has 0 fully saturated rings. The Morgan fingerprint density at radius 2 is 1.83 bits per heavy atom. The Labute approximate surface area is 142 Å². The predicted octanol–water partition coefficient (Wildman–Crippen LogP) is 1.34. The summed E-state index contributed by atoms with van der Waals surface area (Å²) in [5.41, 5.74) is 6.87. The van der Waals surface area contributed by atoms with Gasteiger partial charge in [-0.25, -0.2) is 4.79 Å². The van der Waals surface area contributed by atoms with Gasteiger partial charge in [-0.15, -0.1) is 0 Å². The van der Waals surface area contributed by atoms with Gasteiger partial charge in [0.15, 0.2) is 0 Å². The average molecular weight is 334 g/mol. The van der Waals surface area contributed by atoms with Crippen molar-refractivity contribution in [2.24, 2.45) is 11.7 Å². The van der Waals surface area contributed by atoms with Gasteiger partial charge in [0, 0.05) is 12.7 Å². The quantitative estimate of drug-likeness (QED) is 0.701. The molecule has 4 amide bonds. The zero-order chi connectivity index (χ0) is 18.3. The molecule has 1 aromatic rings. The summed E-state index contributed by atoms with van der Waals surface area (Å²) in [4.78, 5) is 36.9. The molecule has 1 atom stereocenters. The summed E-state index contributed by atoms with van der Waals surface area (Å²) in [6, 6.07) is 5.99. The van der Waals surface area contributed by atoms with Crippen LogP contribution in [0.2, 0.25) is 0 Å². The third-order valence-corrected chi connectivity index (χ3v) is 3.66. The van der Waals surface area contributed by atoms with Gasteiger partial charge in [0.25, 0.3) is 0 Å². The summed E-state index contributed by atoms with van der Waals surface area (Å²) in [7, 11) is 1.52. The van der Waals surface area contributed by atoms with Crippen molar-refractivity contribution in [1.29, 1.82) is 0 Å². The van der Waals surface area contributed by atoms with Crippen LogP contribution in [0.4, 0.5) is 10.5 Å². The molecule has 1 aromatic carbocycles. The number of carbonyl (C=O) groups is 3. The second-order valence-corrected chi connectivity index (χ2v) is 5.98. The number of likely N-dealkylation sites (N-methyl/N-ethyl adjacent to an activating group) is 1. The molecule has 0 radical (unpaired) electrons. The number of hydrogen-bond acceptors (Lipinski definition) is 3. The van der Waals surface area contributed by atoms with Crippen molar-refractivity contribution in [3.63, 3.8) is 0 Å². The van der Waals surface area contributed by atoms with Crippen LogP contribution < -0.4 is 16.4 Å². The SMILES string of the molecule is CCc1ccccc1NC(=O)CN(C)C(=O)[C@@H](NC(N)=O)C(C)C. The second kappa shape index (κ2) is 8.90. The van der Waals surface area contributed by atoms with Crippen molar-refractivity contribution >= 4 is 23.5 Å². The van der Waals surface area contributed by atoms with E-state index in [0.29, 0.717) is 0 Å². The number of nitrogens with one attached hydrogen (secondary N) is 2. The van der Waals surface area contributed by atoms with Crippen LogP contribution in [0.3, 0.4) is 0 Å². The fourth-order valence-corrected chi connectivity index (χ4v) is 2.34. The van der Waals surface area contributed by atoms with Crippen molar-refractivity contribution in [2.75, 3.05) is 18.9 Å². The number of hydrogen-bond donors (Lipinski definition) is 3. The van der Waals surface area contributed by atoms with E-state index in [1.165, 1.54) is 11.9 Å². The lowest BCUT2D eigenvalue weighted by molar-refractivity contribution is -0.135. The molecule has 0 spiro atoms. The van der Waals surface area contributed by atoms with Gasteiger partial charge >= 0.3 is 6.03 Å². The molecule has 4 N–H and O–H groups in total. The Hall–Kier alpha value is -2.57. The minimum absolute atomic E-state index is 0.111. The summed E-state index contributed by atoms with van der Waals surface area (Å²) in [5, 5.41) is 5.23. The lowest BCUT2D eigenvalue weighted by Crippen LogP contribution is -2.52. The maximum Gasteiger partial charge on any atom is 0.312 e. The van der Waals surface area contributed by atoms with E-state index in [1.54, 1.807) is 13.8 Å². The molecule has 0 aliphatic carbocycles. The average Bonchev–Trinajstić information content (AvgIpc) is 2.51. The number of urea groups is 1. The zero-order valence-electron chi connectivity index (χ0n) is 14.6. The molecule has 0 aromatic heterocycles. The predicted molar refractivity (Wildman–Crippen MR) is 93.4 cm³/mol. The first-order valence-corrected chi connectivity index (χ1v) is 7.95. The standard InChI is InChI=1S/C17H26N4O3/c1-5-12-8-6-7-9-13(12)19-14(22)10-21(4)16(23)15(11(2)3)20-17(18)24/h6-9,11,15H,5,10H2,1-4H3,(H,19,22)(H3,18,20,24)/t15-/m0/s1. The van der Waals surface area contributed by atoms with E-state index in [2.05, 4.69) is 10.6 Å². The van der Waals surface area contributed by atoms with Crippen LogP contribution in [0.5, 0.6) is 0 Å². The lowest BCUT2D eigenvalue weighted by Gasteiger charge is -2.26. The van der Waals surface area contributed by atoms with Crippen LogP contribution in [0, 0.1) is 5.92 Å². The molecule has 0 saturated heterocycles. The van der Waals surface area contributed by atoms with Gasteiger partial charge in [-0.2, -0.15) is 0 Å². The van der Waals surface area contributed by atoms with Crippen LogP contribution in [0.15, 0.2) is 24.3 Å². The number of aryl methyl sites for hydroxylation is 1. The molecule has 7 heteroatoms. The number of anilines is 1. The van der Waals surface area contributed by atoms with Crippen molar-refractivity contribution < 1.29 is 14.4 Å². The summed E-state index contributed by atoms with van der Waals surface area (Å²) in [6.07, 6.45) is 0.795. The summed E-state index contributed by atoms with van der Waals surface area (Å²) in [6.45, 7) is 5.48. The molecule has 0 aliphatic heterocycles. The Bertz CT molecular complexity index is 601. The first-order chi connectivity index (χ1) is 11.3. The molecule has 7 nitrogen and oxygen atoms in total. The number of nitrogens with two attached hydrogens (primary N) is 1. The van der Waals surface area contributed by atoms with E-state index < -0.39 is 12.1 Å². The van der Waals surface area contributed by atoms with Gasteiger partial charge in [0.05, 0.1) is 6.54 Å². The van der Waals surface area contributed by atoms with Gasteiger partial charge in [-0.1, -0.05) is 39.0 Å². The van der Waals surface area contributed by atoms with Gasteiger partial charge in [0.2, 0.25) is 11.8 Å². The normalized spacial score (nSPS) is 11.7. The monoisotopic (exact) mass is 334 g/mol. The minimum Gasteiger partial charge on any atom is -0.352 e. The zero-order valence-corrected chi connectivity index (χ0v) is 14.6. The first kappa shape index (κ1) is 19.5. The van der Waals surface area contributed by atoms with E-state index in [4.69, 9.17) is 5.73 Å². The molecule has 132 valence electrons. The number of benzene rings is 1. The molecule has 0 heterocycles. The van der Waals surface area contributed by atoms with Crippen LogP contribution in [-0.4, -0.2) is 42.4 Å². The van der Waals surface area contributed by atoms with Crippen LogP contribution in [0.1, 0.15) is 26.3 Å². The smallest absolute Gasteiger partial charge is 0.312 e. The topological polar surface area (TPSA) is 105 Å². The summed E-state index contributed by atoms with van der Waals surface area (Å²) < 4.78 is 0. The number of carbonyl (C=O) groups excluding carboxylic acids is 3. The maximum absolute atomic E-state index is 12.4. The highest BCUT2D eigenvalue weighted by molar-refractivity contribution is 5.96. The van der Waals surface area contributed by atoms with Crippen molar-refractivity contribution in [3.05, 3.63) is 29.8 Å². The highest BCUT2D eigenvalue weighted by Gasteiger charge is 2.27. The molecule has 0 unspecified atom stereocenters. The molecular weight excluding hydrogens is 308 g/mol. The molecule has 0 bridgehead atoms. The number of amides is 4. The Kier molecular flexibility index (Phi) is 7.23. The van der Waals surface area contributed by atoms with E-state index >= 15 is 0 Å². The molecule has 24 heavy (non-hydrogen) atoms. The van der Waals surface area contributed by atoms with E-state index in [1.807, 2.05) is 31.2 Å². The minimum atomic E-state index is -0.767. The second-order valence-electron chi connectivity index (χ2n) is 5.98. The van der Waals surface area contributed by atoms with Crippen LogP contribution >= 0.6 is 0 Å². The third kappa shape index (κ3) is 5.57. The third-order valence-electron chi connectivity index (χ3n) is 3.66. The molecule has 1 rings (SSSR count). The van der Waals surface area contributed by atoms with Gasteiger partial charge in [-0.3, -0.25) is 9.59 Å². The lowest BCUT2D eigenvalue weighted by atomic mass is 10.0. The molecule has 0 saturated carbocycles. The van der Waals surface area contributed by atoms with E-state index in [-0.39, 0.29) is 24.3 Å². The van der Waals surface area contributed by atoms with Gasteiger partial charge in [-0.05, 0) is 24.0 Å². The highest BCUT2D eigenvalue weighted by atomic mass is 16.2. The van der Waals surface area contributed by atoms with Crippen molar-refractivity contribution in [1.82, 2.24) is 10.2 Å². The Morgan fingerprint density at radius 1 is 1.21 bits per heavy atom. The van der Waals surface area contributed by atoms with E-state index in [0.717, 1.165) is 17.7 Å². The number of rotatable bonds is 7. The van der Waals surface area contributed by atoms with Crippen LogP contribution in [-0.2, 0) is 16.0 Å². The number of primary amides is 1. The van der Waals surface area contributed by atoms with Crippen molar-refractivity contribution in [3.8, 4) is 0 Å². The highest BCUT2D eigenvalue weighted by Crippen LogP contribution is 2.15. The van der Waals surface area contributed by atoms with Gasteiger partial charge in [0.1, 0.15) is 6.04 Å². The Morgan fingerprint density at radius 3 is 2.38 bits per heavy atom. The molecule has 0 aliphatic rings. The Balaban J connectivity index is 2.71. The summed E-state index contributed by atoms with van der Waals surface area (Å²) >= 11 is 0. The largest absolute Gasteiger partial charge is 0.352 e. The van der Waals surface area contributed by atoms with E-state index in [9.17, 15) is 14.4 Å². The fraction of sp³-hybridized carbons (Fsp3) is 0.471. The van der Waals surface area contributed by atoms with Gasteiger partial charge < -0.3 is 21.3 Å². The van der Waals surface area contributed by atoms with Crippen LogP contribution in [0.25, 0.3) is 0 Å². The first-order valence-electron chi connectivity index (χ1n) is 7.95. The maximum atomic E-state index is 12.4. The number of para-hydroxylation sites is 1. The number of nitrogens with zero attached hydrogens (tertiary/aromatic N) is 1.